The molecule has 0 bridgehead atoms. The first kappa shape index (κ1) is 11.2. The first-order chi connectivity index (χ1) is 8.63. The molecular weight excluding hydrogens is 236 g/mol. The van der Waals surface area contributed by atoms with Gasteiger partial charge in [0.05, 0.1) is 25.4 Å². The number of hydrogen-bond donors (Lipinski definition) is 0. The van der Waals surface area contributed by atoms with E-state index in [-0.39, 0.29) is 18.2 Å². The van der Waals surface area contributed by atoms with Crippen LogP contribution in [0.2, 0.25) is 0 Å². The Morgan fingerprint density at radius 2 is 2.11 bits per heavy atom. The van der Waals surface area contributed by atoms with Gasteiger partial charge in [-0.1, -0.05) is 0 Å². The molecule has 3 heterocycles. The lowest BCUT2D eigenvalue weighted by molar-refractivity contribution is -0.142. The highest BCUT2D eigenvalue weighted by molar-refractivity contribution is 5.79. The fourth-order valence-corrected chi connectivity index (χ4v) is 3.50. The molecule has 4 aliphatic rings. The van der Waals surface area contributed by atoms with Crippen molar-refractivity contribution in [1.29, 1.82) is 0 Å². The van der Waals surface area contributed by atoms with E-state index in [1.165, 1.54) is 13.5 Å². The van der Waals surface area contributed by atoms with Crippen molar-refractivity contribution in [3.8, 4) is 0 Å². The molecule has 4 fully saturated rings. The molecule has 1 saturated carbocycles. The number of carbonyl (C=O) groups is 1. The van der Waals surface area contributed by atoms with E-state index >= 15 is 0 Å². The van der Waals surface area contributed by atoms with Gasteiger partial charge in [-0.05, 0) is 32.1 Å². The van der Waals surface area contributed by atoms with Gasteiger partial charge in [-0.15, -0.1) is 0 Å². The molecule has 3 saturated heterocycles. The maximum atomic E-state index is 11.4. The number of hydrogen-bond acceptors (Lipinski definition) is 5. The fourth-order valence-electron chi connectivity index (χ4n) is 3.50. The summed E-state index contributed by atoms with van der Waals surface area (Å²) < 4.78 is 21.5. The number of carbonyl (C=O) groups excluding carboxylic acids is 1. The number of fused-ring (bicyclic) bond motifs is 1. The molecule has 0 spiro atoms. The Bertz CT molecular complexity index is 397. The summed E-state index contributed by atoms with van der Waals surface area (Å²) in [7, 11) is 1.39. The highest BCUT2D eigenvalue weighted by Gasteiger charge is 2.71. The lowest BCUT2D eigenvalue weighted by atomic mass is 9.84. The molecule has 5 nitrogen and oxygen atoms in total. The van der Waals surface area contributed by atoms with Gasteiger partial charge in [0.2, 0.25) is 0 Å². The van der Waals surface area contributed by atoms with Crippen molar-refractivity contribution in [2.75, 3.05) is 7.11 Å². The molecule has 5 heteroatoms. The summed E-state index contributed by atoms with van der Waals surface area (Å²) in [6, 6.07) is 0. The van der Waals surface area contributed by atoms with Gasteiger partial charge in [0.25, 0.3) is 0 Å². The Morgan fingerprint density at radius 3 is 2.83 bits per heavy atom. The van der Waals surface area contributed by atoms with E-state index in [0.29, 0.717) is 18.1 Å². The second kappa shape index (κ2) is 3.46. The van der Waals surface area contributed by atoms with E-state index in [9.17, 15) is 4.79 Å². The molecule has 0 aromatic carbocycles. The van der Waals surface area contributed by atoms with Crippen LogP contribution >= 0.6 is 0 Å². The van der Waals surface area contributed by atoms with Gasteiger partial charge in [-0.25, -0.2) is 4.79 Å². The SMILES string of the molecule is COC(=O)C1OC1(C)C1OC1C1CCC2OC2C1. The van der Waals surface area contributed by atoms with Crippen LogP contribution in [0.4, 0.5) is 0 Å². The topological polar surface area (TPSA) is 63.9 Å². The van der Waals surface area contributed by atoms with Crippen molar-refractivity contribution >= 4 is 5.97 Å². The molecule has 18 heavy (non-hydrogen) atoms. The largest absolute Gasteiger partial charge is 0.467 e. The first-order valence-electron chi connectivity index (χ1n) is 6.70. The van der Waals surface area contributed by atoms with Gasteiger partial charge in [-0.2, -0.15) is 0 Å². The Balaban J connectivity index is 1.37. The van der Waals surface area contributed by atoms with Crippen LogP contribution in [0.15, 0.2) is 0 Å². The predicted molar refractivity (Wildman–Crippen MR) is 60.0 cm³/mol. The van der Waals surface area contributed by atoms with E-state index in [0.717, 1.165) is 12.8 Å². The number of methoxy groups -OCH3 is 1. The Morgan fingerprint density at radius 1 is 1.28 bits per heavy atom. The summed E-state index contributed by atoms with van der Waals surface area (Å²) in [5.74, 6) is 0.277. The van der Waals surface area contributed by atoms with Crippen molar-refractivity contribution in [1.82, 2.24) is 0 Å². The molecular formula is C13H18O5. The van der Waals surface area contributed by atoms with Crippen molar-refractivity contribution in [3.63, 3.8) is 0 Å². The van der Waals surface area contributed by atoms with Gasteiger partial charge in [-0.3, -0.25) is 0 Å². The van der Waals surface area contributed by atoms with Crippen molar-refractivity contribution in [3.05, 3.63) is 0 Å². The second-order valence-corrected chi connectivity index (χ2v) is 6.01. The smallest absolute Gasteiger partial charge is 0.338 e. The summed E-state index contributed by atoms with van der Waals surface area (Å²) >= 11 is 0. The fraction of sp³-hybridized carbons (Fsp3) is 0.923. The van der Waals surface area contributed by atoms with Crippen LogP contribution in [0.1, 0.15) is 26.2 Å². The lowest BCUT2D eigenvalue weighted by Gasteiger charge is -2.16. The van der Waals surface area contributed by atoms with Gasteiger partial charge in [0.1, 0.15) is 11.7 Å². The monoisotopic (exact) mass is 254 g/mol. The maximum Gasteiger partial charge on any atom is 0.338 e. The molecule has 7 atom stereocenters. The molecule has 4 rings (SSSR count). The highest BCUT2D eigenvalue weighted by atomic mass is 16.7. The standard InChI is InChI=1S/C13H18O5/c1-13(11(18-13)12(14)15-2)10-9(17-10)6-3-4-7-8(5-6)16-7/h6-11H,3-5H2,1-2H3. The number of esters is 1. The average molecular weight is 254 g/mol. The van der Waals surface area contributed by atoms with Crippen molar-refractivity contribution < 1.29 is 23.7 Å². The Labute approximate surface area is 106 Å². The molecule has 0 aromatic heterocycles. The van der Waals surface area contributed by atoms with Gasteiger partial charge in [0, 0.05) is 0 Å². The Hall–Kier alpha value is -0.650. The minimum Gasteiger partial charge on any atom is -0.467 e. The molecule has 0 N–H and O–H groups in total. The van der Waals surface area contributed by atoms with Crippen LogP contribution in [-0.2, 0) is 23.7 Å². The molecule has 0 amide bonds. The van der Waals surface area contributed by atoms with E-state index in [1.54, 1.807) is 0 Å². The summed E-state index contributed by atoms with van der Waals surface area (Å²) in [5, 5.41) is 0. The molecule has 1 aliphatic carbocycles. The van der Waals surface area contributed by atoms with E-state index < -0.39 is 11.7 Å². The summed E-state index contributed by atoms with van der Waals surface area (Å²) in [5.41, 5.74) is -0.459. The number of epoxide rings is 3. The van der Waals surface area contributed by atoms with Gasteiger partial charge >= 0.3 is 5.97 Å². The van der Waals surface area contributed by atoms with Crippen LogP contribution in [0.3, 0.4) is 0 Å². The number of rotatable bonds is 3. The summed E-state index contributed by atoms with van der Waals surface area (Å²) in [6.07, 6.45) is 4.28. The molecule has 100 valence electrons. The molecule has 7 unspecified atom stereocenters. The minimum absolute atomic E-state index is 0.0573. The van der Waals surface area contributed by atoms with Crippen molar-refractivity contribution in [2.24, 2.45) is 5.92 Å². The average Bonchev–Trinajstić information content (AvgIpc) is 3.21. The van der Waals surface area contributed by atoms with Crippen LogP contribution in [-0.4, -0.2) is 49.2 Å². The van der Waals surface area contributed by atoms with Gasteiger partial charge < -0.3 is 18.9 Å². The zero-order valence-electron chi connectivity index (χ0n) is 10.6. The van der Waals surface area contributed by atoms with E-state index in [2.05, 4.69) is 0 Å². The third-order valence-electron chi connectivity index (χ3n) is 4.85. The zero-order valence-corrected chi connectivity index (χ0v) is 10.6. The van der Waals surface area contributed by atoms with Gasteiger partial charge in [0.15, 0.2) is 6.10 Å². The highest BCUT2D eigenvalue weighted by Crippen LogP contribution is 2.54. The van der Waals surface area contributed by atoms with Crippen LogP contribution < -0.4 is 0 Å². The molecule has 0 aromatic rings. The Kier molecular flexibility index (Phi) is 2.16. The summed E-state index contributed by atoms with van der Waals surface area (Å²) in [6.45, 7) is 1.94. The van der Waals surface area contributed by atoms with Crippen LogP contribution in [0, 0.1) is 5.92 Å². The molecule has 3 aliphatic heterocycles. The van der Waals surface area contributed by atoms with E-state index in [1.807, 2.05) is 6.92 Å². The maximum absolute atomic E-state index is 11.4. The lowest BCUT2D eigenvalue weighted by Crippen LogP contribution is -2.28. The zero-order chi connectivity index (χ0) is 12.5. The van der Waals surface area contributed by atoms with Crippen molar-refractivity contribution in [2.45, 2.75) is 62.3 Å². The first-order valence-corrected chi connectivity index (χ1v) is 6.70. The third kappa shape index (κ3) is 1.54. The summed E-state index contributed by atoms with van der Waals surface area (Å²) in [4.78, 5) is 11.4. The quantitative estimate of drug-likeness (QED) is 0.546. The normalized spacial score (nSPS) is 56.6. The number of ether oxygens (including phenoxy) is 4. The minimum atomic E-state index is -0.459. The predicted octanol–water partition coefficient (Wildman–Crippen LogP) is 0.652. The third-order valence-corrected chi connectivity index (χ3v) is 4.85. The molecule has 0 radical (unpaired) electrons. The van der Waals surface area contributed by atoms with E-state index in [4.69, 9.17) is 18.9 Å². The second-order valence-electron chi connectivity index (χ2n) is 6.01. The van der Waals surface area contributed by atoms with Crippen LogP contribution in [0.5, 0.6) is 0 Å². The van der Waals surface area contributed by atoms with Crippen LogP contribution in [0.25, 0.3) is 0 Å².